The summed E-state index contributed by atoms with van der Waals surface area (Å²) >= 11 is 1.55. The molecule has 18 nitrogen and oxygen atoms in total. The molecular weight excluding hydrogens is 491 g/mol. The molecule has 0 spiro atoms. The van der Waals surface area contributed by atoms with Crippen LogP contribution in [-0.2, 0) is 0 Å². The molecule has 0 bridgehead atoms. The van der Waals surface area contributed by atoms with Crippen LogP contribution in [0.5, 0.6) is 0 Å². The topological polar surface area (TPSA) is 364 Å². The van der Waals surface area contributed by atoms with E-state index in [9.17, 15) is 0 Å². The summed E-state index contributed by atoms with van der Waals surface area (Å²) in [6.45, 7) is 0. The van der Waals surface area contributed by atoms with Gasteiger partial charge in [-0.25, -0.2) is 0 Å². The minimum atomic E-state index is -3.90. The van der Waals surface area contributed by atoms with Gasteiger partial charge >= 0.3 is 63.3 Å². The Hall–Kier alpha value is 0.0787. The maximum absolute atomic E-state index is 7.72. The molecule has 0 heterocycles. The number of rotatable bonds is 3. The molecule has 0 saturated heterocycles. The van der Waals surface area contributed by atoms with Gasteiger partial charge in [-0.3, -0.25) is 0 Å². The molecule has 0 aliphatic carbocycles. The maximum atomic E-state index is 7.72. The fourth-order valence-corrected chi connectivity index (χ4v) is 0. The molecule has 18 N–H and O–H groups in total. The molecule has 0 fully saturated rings. The van der Waals surface area contributed by atoms with Crippen molar-refractivity contribution >= 4 is 22.5 Å². The monoisotopic (exact) mass is 513 g/mol. The molecule has 0 aliphatic heterocycles. The Balaban J connectivity index is -0.000000133. The van der Waals surface area contributed by atoms with Crippen LogP contribution >= 0.6 is 0 Å². The quantitative estimate of drug-likeness (QED) is 0.123. The van der Waals surface area contributed by atoms with Gasteiger partial charge in [0.2, 0.25) is 0 Å². The molecule has 161 valence electrons. The molecule has 3 radical (unpaired) electrons. The van der Waals surface area contributed by atoms with E-state index in [1.54, 1.807) is 22.5 Å². The third-order valence-electron chi connectivity index (χ3n) is 1.35. The van der Waals surface area contributed by atoms with Gasteiger partial charge in [-0.15, -0.1) is 0 Å². The predicted molar refractivity (Wildman–Crippen MR) is 67.9 cm³/mol. The summed E-state index contributed by atoms with van der Waals surface area (Å²) in [6, 6.07) is 0. The second-order valence-corrected chi connectivity index (χ2v) is 3.81. The van der Waals surface area contributed by atoms with Gasteiger partial charge < -0.3 is 91.9 Å². The summed E-state index contributed by atoms with van der Waals surface area (Å²) in [5.41, 5.74) is 0. The van der Waals surface area contributed by atoms with Crippen LogP contribution in [0.3, 0.4) is 0 Å². The second-order valence-electron chi connectivity index (χ2n) is 3.81. The van der Waals surface area contributed by atoms with E-state index in [1.165, 1.54) is 0 Å². The first-order valence-corrected chi connectivity index (χ1v) is 8.13. The summed E-state index contributed by atoms with van der Waals surface area (Å²) in [5.74, 6) is -23.4. The molecule has 0 saturated carbocycles. The molecule has 0 atom stereocenters. The SMILES string of the molecule is OC(O)(O)C(O)(O)O.OC(O)(O)C(O)(O)O.OC(O)(O)C(O)(O)O.[CH3][Sn]. The van der Waals surface area contributed by atoms with Gasteiger partial charge in [0.25, 0.3) is 0 Å². The standard InChI is InChI=1S/3C2H6O6.CH3.Sn/c3*3-1(4,5)2(6,7)8;;/h3*3-8H;1H3;. The van der Waals surface area contributed by atoms with Gasteiger partial charge in [0.05, 0.1) is 0 Å². The van der Waals surface area contributed by atoms with Crippen molar-refractivity contribution in [2.24, 2.45) is 0 Å². The van der Waals surface area contributed by atoms with Crippen molar-refractivity contribution in [2.45, 2.75) is 40.8 Å². The van der Waals surface area contributed by atoms with Crippen molar-refractivity contribution in [3.63, 3.8) is 0 Å². The second kappa shape index (κ2) is 11.2. The van der Waals surface area contributed by atoms with E-state index in [4.69, 9.17) is 91.9 Å². The average Bonchev–Trinajstić information content (AvgIpc) is 2.24. The van der Waals surface area contributed by atoms with Gasteiger partial charge in [-0.1, -0.05) is 0 Å². The van der Waals surface area contributed by atoms with Crippen LogP contribution in [-0.4, -0.2) is 150 Å². The summed E-state index contributed by atoms with van der Waals surface area (Å²) in [7, 11) is 0. The first kappa shape index (κ1) is 33.6. The summed E-state index contributed by atoms with van der Waals surface area (Å²) in [5, 5.41) is 139. The predicted octanol–water partition coefficient (Wildman–Crippen LogP) is -11.1. The van der Waals surface area contributed by atoms with Crippen molar-refractivity contribution in [2.75, 3.05) is 0 Å². The van der Waals surface area contributed by atoms with E-state index >= 15 is 0 Å². The molecular formula is C7H21O18Sn. The van der Waals surface area contributed by atoms with Crippen molar-refractivity contribution in [1.82, 2.24) is 0 Å². The summed E-state index contributed by atoms with van der Waals surface area (Å²) in [6.07, 6.45) is 0. The number of hydrogen-bond acceptors (Lipinski definition) is 18. The fraction of sp³-hybridized carbons (Fsp3) is 1.00. The van der Waals surface area contributed by atoms with Crippen molar-refractivity contribution in [3.05, 3.63) is 0 Å². The summed E-state index contributed by atoms with van der Waals surface area (Å²) < 4.78 is 0. The first-order valence-electron chi connectivity index (χ1n) is 5.27. The van der Waals surface area contributed by atoms with Crippen molar-refractivity contribution in [3.8, 4) is 0 Å². The molecule has 0 amide bonds. The minimum absolute atomic E-state index is 1.55. The molecule has 19 heteroatoms. The molecule has 26 heavy (non-hydrogen) atoms. The normalized spacial score (nSPS) is 13.4. The molecule has 0 unspecified atom stereocenters. The van der Waals surface area contributed by atoms with Crippen LogP contribution in [0.4, 0.5) is 0 Å². The van der Waals surface area contributed by atoms with E-state index in [0.717, 1.165) is 0 Å². The fourth-order valence-electron chi connectivity index (χ4n) is 0. The molecule has 0 aromatic rings. The van der Waals surface area contributed by atoms with E-state index in [1.807, 2.05) is 0 Å². The molecule has 0 rings (SSSR count). The first-order chi connectivity index (χ1) is 10.8. The third kappa shape index (κ3) is 17.5. The molecule has 0 aromatic carbocycles. The van der Waals surface area contributed by atoms with Gasteiger partial charge in [0.15, 0.2) is 0 Å². The van der Waals surface area contributed by atoms with Gasteiger partial charge in [0, 0.05) is 0 Å². The third-order valence-corrected chi connectivity index (χ3v) is 1.35. The van der Waals surface area contributed by atoms with Crippen molar-refractivity contribution < 1.29 is 91.9 Å². The van der Waals surface area contributed by atoms with E-state index in [2.05, 4.69) is 4.94 Å². The average molecular weight is 512 g/mol. The summed E-state index contributed by atoms with van der Waals surface area (Å²) in [4.78, 5) is 2.09. The zero-order valence-electron chi connectivity index (χ0n) is 12.5. The number of aliphatic hydroxyl groups is 18. The van der Waals surface area contributed by atoms with E-state index in [0.29, 0.717) is 0 Å². The Kier molecular flexibility index (Phi) is 14.5. The Bertz CT molecular complexity index is 250. The zero-order chi connectivity index (χ0) is 23.0. The van der Waals surface area contributed by atoms with Crippen molar-refractivity contribution in [1.29, 1.82) is 0 Å². The Morgan fingerprint density at radius 2 is 0.308 bits per heavy atom. The molecule has 0 aromatic heterocycles. The number of hydrogen-bond donors (Lipinski definition) is 18. The zero-order valence-corrected chi connectivity index (χ0v) is 15.4. The van der Waals surface area contributed by atoms with Crippen LogP contribution in [0.15, 0.2) is 0 Å². The molecule has 0 aliphatic rings. The van der Waals surface area contributed by atoms with Crippen LogP contribution in [0.25, 0.3) is 0 Å². The Morgan fingerprint density at radius 3 is 0.308 bits per heavy atom. The van der Waals surface area contributed by atoms with Crippen LogP contribution < -0.4 is 0 Å². The van der Waals surface area contributed by atoms with E-state index < -0.39 is 35.8 Å². The Labute approximate surface area is 155 Å². The van der Waals surface area contributed by atoms with E-state index in [-0.39, 0.29) is 0 Å². The Morgan fingerprint density at radius 1 is 0.269 bits per heavy atom. The van der Waals surface area contributed by atoms with Gasteiger partial charge in [0.1, 0.15) is 0 Å². The van der Waals surface area contributed by atoms with Crippen LogP contribution in [0.1, 0.15) is 0 Å². The van der Waals surface area contributed by atoms with Gasteiger partial charge in [-0.2, -0.15) is 0 Å². The van der Waals surface area contributed by atoms with Gasteiger partial charge in [-0.05, 0) is 0 Å². The van der Waals surface area contributed by atoms with Crippen LogP contribution in [0, 0.1) is 0 Å². The van der Waals surface area contributed by atoms with Crippen LogP contribution in [0.2, 0.25) is 4.94 Å².